The smallest absolute Gasteiger partial charge is 0.260 e. The summed E-state index contributed by atoms with van der Waals surface area (Å²) in [5.74, 6) is -0.0975. The summed E-state index contributed by atoms with van der Waals surface area (Å²) in [7, 11) is -2.16. The Morgan fingerprint density at radius 2 is 2.39 bits per heavy atom. The molecule has 0 radical (unpaired) electrons. The molecule has 1 atom stereocenters. The lowest BCUT2D eigenvalue weighted by atomic mass is 10.2. The molecular formula is C9H15N5O3S. The quantitative estimate of drug-likeness (QED) is 0.620. The zero-order valence-corrected chi connectivity index (χ0v) is 10.7. The second-order valence-corrected chi connectivity index (χ2v) is 5.88. The van der Waals surface area contributed by atoms with E-state index in [0.29, 0.717) is 12.8 Å². The Bertz CT molecular complexity index is 545. The van der Waals surface area contributed by atoms with E-state index in [1.807, 2.05) is 0 Å². The number of nitrogens with one attached hydrogen (secondary N) is 2. The lowest BCUT2D eigenvalue weighted by Crippen LogP contribution is -2.39. The molecule has 1 amide bonds. The largest absolute Gasteiger partial charge is 0.381 e. The van der Waals surface area contributed by atoms with Gasteiger partial charge in [0.2, 0.25) is 5.91 Å². The van der Waals surface area contributed by atoms with Gasteiger partial charge >= 0.3 is 0 Å². The highest BCUT2D eigenvalue weighted by molar-refractivity contribution is 7.89. The van der Waals surface area contributed by atoms with Crippen molar-refractivity contribution in [1.82, 2.24) is 19.6 Å². The fourth-order valence-corrected chi connectivity index (χ4v) is 3.19. The average Bonchev–Trinajstić information content (AvgIpc) is 2.83. The number of aryl methyl sites for hydroxylation is 1. The van der Waals surface area contributed by atoms with Gasteiger partial charge in [-0.1, -0.05) is 0 Å². The van der Waals surface area contributed by atoms with Crippen LogP contribution in [-0.2, 0) is 21.9 Å². The van der Waals surface area contributed by atoms with E-state index in [4.69, 9.17) is 5.73 Å². The van der Waals surface area contributed by atoms with E-state index < -0.39 is 10.0 Å². The van der Waals surface area contributed by atoms with Gasteiger partial charge in [-0.05, 0) is 6.42 Å². The Labute approximate surface area is 105 Å². The van der Waals surface area contributed by atoms with Gasteiger partial charge in [-0.2, -0.15) is 0 Å². The number of carbonyl (C=O) groups excluding carboxylic acids is 1. The van der Waals surface area contributed by atoms with E-state index in [0.717, 1.165) is 0 Å². The zero-order valence-electron chi connectivity index (χ0n) is 9.88. The molecule has 1 aliphatic heterocycles. The monoisotopic (exact) mass is 273 g/mol. The lowest BCUT2D eigenvalue weighted by molar-refractivity contribution is -0.119. The molecule has 1 unspecified atom stereocenters. The highest BCUT2D eigenvalue weighted by Crippen LogP contribution is 2.15. The molecule has 1 aromatic heterocycles. The van der Waals surface area contributed by atoms with Gasteiger partial charge in [-0.25, -0.2) is 18.1 Å². The minimum atomic E-state index is -3.71. The molecule has 4 N–H and O–H groups in total. The second kappa shape index (κ2) is 4.58. The van der Waals surface area contributed by atoms with Gasteiger partial charge < -0.3 is 15.6 Å². The van der Waals surface area contributed by atoms with Crippen LogP contribution in [0.3, 0.4) is 0 Å². The Hall–Kier alpha value is -1.61. The SMILES string of the molecule is Cn1cnc(N)c1S(=O)(=O)NCC1CCC(=O)N1. The van der Waals surface area contributed by atoms with Crippen molar-refractivity contribution in [1.29, 1.82) is 0 Å². The van der Waals surface area contributed by atoms with E-state index >= 15 is 0 Å². The standard InChI is InChI=1S/C9H15N5O3S/c1-14-5-11-8(10)9(14)18(16,17)12-4-6-2-3-7(15)13-6/h5-6,12H,2-4,10H2,1H3,(H,13,15). The van der Waals surface area contributed by atoms with Crippen molar-refractivity contribution >= 4 is 21.7 Å². The number of amides is 1. The highest BCUT2D eigenvalue weighted by Gasteiger charge is 2.26. The Morgan fingerprint density at radius 1 is 1.67 bits per heavy atom. The first-order valence-electron chi connectivity index (χ1n) is 5.46. The van der Waals surface area contributed by atoms with Crippen LogP contribution in [0.5, 0.6) is 0 Å². The molecule has 0 bridgehead atoms. The number of rotatable bonds is 4. The number of hydrogen-bond donors (Lipinski definition) is 3. The van der Waals surface area contributed by atoms with E-state index in [9.17, 15) is 13.2 Å². The first kappa shape index (κ1) is 12.8. The Balaban J connectivity index is 2.06. The number of sulfonamides is 1. The minimum Gasteiger partial charge on any atom is -0.381 e. The summed E-state index contributed by atoms with van der Waals surface area (Å²) < 4.78 is 27.8. The van der Waals surface area contributed by atoms with Crippen molar-refractivity contribution in [3.05, 3.63) is 6.33 Å². The van der Waals surface area contributed by atoms with E-state index in [-0.39, 0.29) is 29.3 Å². The van der Waals surface area contributed by atoms with Crippen LogP contribution in [0, 0.1) is 0 Å². The molecular weight excluding hydrogens is 258 g/mol. The minimum absolute atomic E-state index is 0.0412. The summed E-state index contributed by atoms with van der Waals surface area (Å²) in [4.78, 5) is 14.7. The Kier molecular flexibility index (Phi) is 3.26. The summed E-state index contributed by atoms with van der Waals surface area (Å²) in [6, 6.07) is -0.165. The molecule has 18 heavy (non-hydrogen) atoms. The molecule has 0 aliphatic carbocycles. The first-order chi connectivity index (χ1) is 8.40. The second-order valence-electron chi connectivity index (χ2n) is 4.20. The molecule has 9 heteroatoms. The van der Waals surface area contributed by atoms with E-state index in [2.05, 4.69) is 15.0 Å². The van der Waals surface area contributed by atoms with E-state index in [1.54, 1.807) is 7.05 Å². The highest BCUT2D eigenvalue weighted by atomic mass is 32.2. The molecule has 0 spiro atoms. The molecule has 2 rings (SSSR count). The molecule has 1 fully saturated rings. The van der Waals surface area contributed by atoms with Gasteiger partial charge in [-0.15, -0.1) is 0 Å². The van der Waals surface area contributed by atoms with Crippen LogP contribution in [0.1, 0.15) is 12.8 Å². The van der Waals surface area contributed by atoms with Crippen molar-refractivity contribution < 1.29 is 13.2 Å². The number of imidazole rings is 1. The summed E-state index contributed by atoms with van der Waals surface area (Å²) in [5, 5.41) is 2.62. The molecule has 8 nitrogen and oxygen atoms in total. The predicted octanol–water partition coefficient (Wildman–Crippen LogP) is -1.44. The van der Waals surface area contributed by atoms with Crippen LogP contribution >= 0.6 is 0 Å². The average molecular weight is 273 g/mol. The third-order valence-corrected chi connectivity index (χ3v) is 4.32. The number of nitrogen functional groups attached to an aromatic ring is 1. The van der Waals surface area contributed by atoms with Crippen LogP contribution in [-0.4, -0.2) is 36.5 Å². The molecule has 1 aromatic rings. The first-order valence-corrected chi connectivity index (χ1v) is 6.94. The number of hydrogen-bond acceptors (Lipinski definition) is 5. The number of aromatic nitrogens is 2. The van der Waals surface area contributed by atoms with Crippen LogP contribution in [0.2, 0.25) is 0 Å². The van der Waals surface area contributed by atoms with Crippen LogP contribution in [0.15, 0.2) is 11.4 Å². The fourth-order valence-electron chi connectivity index (χ4n) is 1.87. The summed E-state index contributed by atoms with van der Waals surface area (Å²) in [6.07, 6.45) is 2.39. The van der Waals surface area contributed by atoms with Gasteiger partial charge in [0.05, 0.1) is 6.33 Å². The molecule has 100 valence electrons. The molecule has 1 saturated heterocycles. The summed E-state index contributed by atoms with van der Waals surface area (Å²) >= 11 is 0. The van der Waals surface area contributed by atoms with Crippen molar-refractivity contribution in [2.24, 2.45) is 7.05 Å². The maximum atomic E-state index is 12.0. The van der Waals surface area contributed by atoms with Gasteiger partial charge in [0, 0.05) is 26.1 Å². The van der Waals surface area contributed by atoms with Gasteiger partial charge in [0.1, 0.15) is 0 Å². The third-order valence-electron chi connectivity index (χ3n) is 2.77. The number of carbonyl (C=O) groups is 1. The molecule has 2 heterocycles. The summed E-state index contributed by atoms with van der Waals surface area (Å²) in [5.41, 5.74) is 5.51. The number of nitrogens with zero attached hydrogens (tertiary/aromatic N) is 2. The number of nitrogens with two attached hydrogens (primary N) is 1. The van der Waals surface area contributed by atoms with Gasteiger partial charge in [-0.3, -0.25) is 4.79 Å². The maximum Gasteiger partial charge on any atom is 0.260 e. The molecule has 1 aliphatic rings. The van der Waals surface area contributed by atoms with Crippen LogP contribution < -0.4 is 15.8 Å². The predicted molar refractivity (Wildman–Crippen MR) is 64.0 cm³/mol. The molecule has 0 saturated carbocycles. The topological polar surface area (TPSA) is 119 Å². The maximum absolute atomic E-state index is 12.0. The fraction of sp³-hybridized carbons (Fsp3) is 0.556. The lowest BCUT2D eigenvalue weighted by Gasteiger charge is -2.12. The normalized spacial score (nSPS) is 20.1. The Morgan fingerprint density at radius 3 is 2.89 bits per heavy atom. The third kappa shape index (κ3) is 2.46. The van der Waals surface area contributed by atoms with Crippen molar-refractivity contribution in [2.45, 2.75) is 23.9 Å². The molecule has 0 aromatic carbocycles. The van der Waals surface area contributed by atoms with Crippen LogP contribution in [0.25, 0.3) is 0 Å². The van der Waals surface area contributed by atoms with Crippen molar-refractivity contribution in [2.75, 3.05) is 12.3 Å². The van der Waals surface area contributed by atoms with Crippen molar-refractivity contribution in [3.63, 3.8) is 0 Å². The van der Waals surface area contributed by atoms with Crippen molar-refractivity contribution in [3.8, 4) is 0 Å². The van der Waals surface area contributed by atoms with Gasteiger partial charge in [0.15, 0.2) is 10.8 Å². The summed E-state index contributed by atoms with van der Waals surface area (Å²) in [6.45, 7) is 0.151. The van der Waals surface area contributed by atoms with Gasteiger partial charge in [0.25, 0.3) is 10.0 Å². The number of anilines is 1. The van der Waals surface area contributed by atoms with E-state index in [1.165, 1.54) is 10.9 Å². The van der Waals surface area contributed by atoms with Crippen LogP contribution in [0.4, 0.5) is 5.82 Å². The zero-order chi connectivity index (χ0) is 13.3.